The molecule has 6 nitrogen and oxygen atoms in total. The summed E-state index contributed by atoms with van der Waals surface area (Å²) in [5, 5.41) is 5.41. The minimum Gasteiger partial charge on any atom is -0.315 e. The average Bonchev–Trinajstić information content (AvgIpc) is 2.88. The Morgan fingerprint density at radius 2 is 2.37 bits per heavy atom. The molecule has 1 aliphatic rings. The van der Waals surface area contributed by atoms with E-state index in [9.17, 15) is 8.42 Å². The fraction of sp³-hybridized carbons (Fsp3) is 0.727. The highest BCUT2D eigenvalue weighted by Gasteiger charge is 2.32. The van der Waals surface area contributed by atoms with Gasteiger partial charge in [0.05, 0.1) is 0 Å². The van der Waals surface area contributed by atoms with E-state index in [1.807, 2.05) is 6.92 Å². The minimum absolute atomic E-state index is 0.0335. The average molecular weight is 304 g/mol. The summed E-state index contributed by atoms with van der Waals surface area (Å²) in [7, 11) is -3.49. The highest BCUT2D eigenvalue weighted by atomic mass is 32.2. The SMILES string of the molecule is CCNCC1CCCCN1S(=O)(=O)Nc1nccs1. The van der Waals surface area contributed by atoms with Gasteiger partial charge >= 0.3 is 10.2 Å². The summed E-state index contributed by atoms with van der Waals surface area (Å²) in [5.74, 6) is 0. The molecule has 1 aromatic heterocycles. The number of nitrogens with zero attached hydrogens (tertiary/aromatic N) is 2. The molecule has 0 radical (unpaired) electrons. The standard InChI is InChI=1S/C11H20N4O2S2/c1-2-12-9-10-5-3-4-7-15(10)19(16,17)14-11-13-6-8-18-11/h6,8,10,12H,2-5,7,9H2,1H3,(H,13,14). The molecule has 0 spiro atoms. The van der Waals surface area contributed by atoms with E-state index in [4.69, 9.17) is 0 Å². The Kier molecular flexibility index (Phi) is 5.14. The predicted molar refractivity (Wildman–Crippen MR) is 77.5 cm³/mol. The van der Waals surface area contributed by atoms with Gasteiger partial charge in [0.15, 0.2) is 5.13 Å². The fourth-order valence-corrected chi connectivity index (χ4v) is 4.46. The van der Waals surface area contributed by atoms with Crippen molar-refractivity contribution in [3.05, 3.63) is 11.6 Å². The molecular formula is C11H20N4O2S2. The molecule has 0 amide bonds. The van der Waals surface area contributed by atoms with Crippen molar-refractivity contribution in [2.24, 2.45) is 0 Å². The maximum atomic E-state index is 12.4. The number of anilines is 1. The van der Waals surface area contributed by atoms with Crippen molar-refractivity contribution in [3.8, 4) is 0 Å². The fourth-order valence-electron chi connectivity index (χ4n) is 2.25. The van der Waals surface area contributed by atoms with Crippen molar-refractivity contribution in [1.29, 1.82) is 0 Å². The summed E-state index contributed by atoms with van der Waals surface area (Å²) in [6.07, 6.45) is 4.50. The van der Waals surface area contributed by atoms with E-state index >= 15 is 0 Å². The van der Waals surface area contributed by atoms with Crippen LogP contribution in [0.4, 0.5) is 5.13 Å². The summed E-state index contributed by atoms with van der Waals surface area (Å²) in [4.78, 5) is 3.97. The number of rotatable bonds is 6. The first-order valence-corrected chi connectivity index (χ1v) is 8.85. The molecular weight excluding hydrogens is 284 g/mol. The monoisotopic (exact) mass is 304 g/mol. The normalized spacial score (nSPS) is 21.4. The maximum absolute atomic E-state index is 12.4. The first-order valence-electron chi connectivity index (χ1n) is 6.53. The third-order valence-electron chi connectivity index (χ3n) is 3.16. The summed E-state index contributed by atoms with van der Waals surface area (Å²) >= 11 is 1.29. The van der Waals surface area contributed by atoms with Crippen LogP contribution in [0.3, 0.4) is 0 Å². The second kappa shape index (κ2) is 6.65. The van der Waals surface area contributed by atoms with Crippen molar-refractivity contribution in [3.63, 3.8) is 0 Å². The zero-order valence-electron chi connectivity index (χ0n) is 11.0. The molecule has 8 heteroatoms. The Morgan fingerprint density at radius 1 is 1.53 bits per heavy atom. The van der Waals surface area contributed by atoms with Gasteiger partial charge in [-0.05, 0) is 19.4 Å². The largest absolute Gasteiger partial charge is 0.315 e. The third-order valence-corrected chi connectivity index (χ3v) is 5.53. The van der Waals surface area contributed by atoms with Crippen LogP contribution in [0, 0.1) is 0 Å². The third kappa shape index (κ3) is 3.88. The van der Waals surface area contributed by atoms with Crippen LogP contribution in [0.15, 0.2) is 11.6 Å². The van der Waals surface area contributed by atoms with Gasteiger partial charge < -0.3 is 5.32 Å². The maximum Gasteiger partial charge on any atom is 0.303 e. The number of aromatic nitrogens is 1. The number of likely N-dealkylation sites (N-methyl/N-ethyl adjacent to an activating group) is 1. The van der Waals surface area contributed by atoms with E-state index in [-0.39, 0.29) is 6.04 Å². The predicted octanol–water partition coefficient (Wildman–Crippen LogP) is 1.26. The van der Waals surface area contributed by atoms with Gasteiger partial charge in [-0.15, -0.1) is 11.3 Å². The van der Waals surface area contributed by atoms with Gasteiger partial charge in [-0.25, -0.2) is 9.71 Å². The molecule has 1 fully saturated rings. The molecule has 0 bridgehead atoms. The number of thiazole rings is 1. The first kappa shape index (κ1) is 14.7. The molecule has 1 aromatic rings. The Balaban J connectivity index is 2.07. The number of piperidine rings is 1. The van der Waals surface area contributed by atoms with Crippen LogP contribution in [0.1, 0.15) is 26.2 Å². The van der Waals surface area contributed by atoms with Crippen LogP contribution in [-0.4, -0.2) is 43.4 Å². The van der Waals surface area contributed by atoms with Crippen LogP contribution < -0.4 is 10.0 Å². The number of hydrogen-bond donors (Lipinski definition) is 2. The molecule has 1 unspecified atom stereocenters. The molecule has 2 N–H and O–H groups in total. The topological polar surface area (TPSA) is 74.3 Å². The highest BCUT2D eigenvalue weighted by molar-refractivity contribution is 7.90. The molecule has 1 atom stereocenters. The Labute approximate surface area is 118 Å². The zero-order valence-corrected chi connectivity index (χ0v) is 12.6. The molecule has 0 aliphatic carbocycles. The van der Waals surface area contributed by atoms with Crippen molar-refractivity contribution in [2.75, 3.05) is 24.4 Å². The summed E-state index contributed by atoms with van der Waals surface area (Å²) < 4.78 is 28.9. The Morgan fingerprint density at radius 3 is 3.05 bits per heavy atom. The van der Waals surface area contributed by atoms with Gasteiger partial charge in [0.2, 0.25) is 0 Å². The Bertz CT molecular complexity index is 475. The van der Waals surface area contributed by atoms with Crippen LogP contribution in [0.25, 0.3) is 0 Å². The van der Waals surface area contributed by atoms with E-state index in [1.165, 1.54) is 11.3 Å². The number of hydrogen-bond acceptors (Lipinski definition) is 5. The summed E-state index contributed by atoms with van der Waals surface area (Å²) in [6, 6.07) is 0.0335. The molecule has 108 valence electrons. The van der Waals surface area contributed by atoms with E-state index < -0.39 is 10.2 Å². The van der Waals surface area contributed by atoms with E-state index in [0.717, 1.165) is 25.8 Å². The first-order chi connectivity index (χ1) is 9.13. The molecule has 0 saturated carbocycles. The van der Waals surface area contributed by atoms with Gasteiger partial charge in [0.25, 0.3) is 0 Å². The van der Waals surface area contributed by atoms with Gasteiger partial charge in [-0.1, -0.05) is 13.3 Å². The smallest absolute Gasteiger partial charge is 0.303 e. The van der Waals surface area contributed by atoms with Gasteiger partial charge in [-0.3, -0.25) is 0 Å². The lowest BCUT2D eigenvalue weighted by Gasteiger charge is -2.34. The molecule has 1 aliphatic heterocycles. The second-order valence-electron chi connectivity index (χ2n) is 4.51. The lowest BCUT2D eigenvalue weighted by molar-refractivity contribution is 0.248. The van der Waals surface area contributed by atoms with Crippen LogP contribution in [0.5, 0.6) is 0 Å². The lowest BCUT2D eigenvalue weighted by Crippen LogP contribution is -2.50. The van der Waals surface area contributed by atoms with Crippen molar-refractivity contribution >= 4 is 26.7 Å². The second-order valence-corrected chi connectivity index (χ2v) is 7.03. The summed E-state index contributed by atoms with van der Waals surface area (Å²) in [5.41, 5.74) is 0. The van der Waals surface area contributed by atoms with Gasteiger partial charge in [-0.2, -0.15) is 12.7 Å². The highest BCUT2D eigenvalue weighted by Crippen LogP contribution is 2.22. The van der Waals surface area contributed by atoms with E-state index in [1.54, 1.807) is 15.9 Å². The quantitative estimate of drug-likeness (QED) is 0.830. The zero-order chi connectivity index (χ0) is 13.7. The molecule has 2 rings (SSSR count). The molecule has 19 heavy (non-hydrogen) atoms. The van der Waals surface area contributed by atoms with Crippen molar-refractivity contribution in [1.82, 2.24) is 14.6 Å². The van der Waals surface area contributed by atoms with Gasteiger partial charge in [0.1, 0.15) is 0 Å². The van der Waals surface area contributed by atoms with Gasteiger partial charge in [0, 0.05) is 30.7 Å². The van der Waals surface area contributed by atoms with Crippen LogP contribution >= 0.6 is 11.3 Å². The molecule has 2 heterocycles. The molecule has 1 saturated heterocycles. The van der Waals surface area contributed by atoms with Crippen LogP contribution in [-0.2, 0) is 10.2 Å². The van der Waals surface area contributed by atoms with E-state index in [2.05, 4.69) is 15.0 Å². The minimum atomic E-state index is -3.49. The van der Waals surface area contributed by atoms with Crippen molar-refractivity contribution < 1.29 is 8.42 Å². The van der Waals surface area contributed by atoms with E-state index in [0.29, 0.717) is 18.2 Å². The van der Waals surface area contributed by atoms with Crippen LogP contribution in [0.2, 0.25) is 0 Å². The van der Waals surface area contributed by atoms with Crippen molar-refractivity contribution in [2.45, 2.75) is 32.2 Å². The lowest BCUT2D eigenvalue weighted by atomic mass is 10.1. The molecule has 0 aromatic carbocycles. The Hall–Kier alpha value is -0.700. The number of nitrogens with one attached hydrogen (secondary N) is 2. The summed E-state index contributed by atoms with van der Waals surface area (Å²) in [6.45, 7) is 4.16.